The number of aliphatic imine (C=N–C) groups is 1. The van der Waals surface area contributed by atoms with E-state index >= 15 is 0 Å². The minimum Gasteiger partial charge on any atom is -0.369 e. The number of amides is 1. The van der Waals surface area contributed by atoms with Gasteiger partial charge in [0.15, 0.2) is 11.7 Å². The van der Waals surface area contributed by atoms with Gasteiger partial charge in [-0.2, -0.15) is 0 Å². The highest BCUT2D eigenvalue weighted by Gasteiger charge is 2.38. The molecule has 146 valence electrons. The van der Waals surface area contributed by atoms with E-state index in [4.69, 9.17) is 28.9 Å². The van der Waals surface area contributed by atoms with Gasteiger partial charge in [0.1, 0.15) is 11.5 Å². The first-order chi connectivity index (χ1) is 13.1. The highest BCUT2D eigenvalue weighted by atomic mass is 35.5. The lowest BCUT2D eigenvalue weighted by atomic mass is 9.85. The molecule has 1 aromatic heterocycles. The Morgan fingerprint density at radius 3 is 2.71 bits per heavy atom. The van der Waals surface area contributed by atoms with E-state index in [9.17, 15) is 14.0 Å². The smallest absolute Gasteiger partial charge is 0.231 e. The number of rotatable bonds is 4. The fourth-order valence-electron chi connectivity index (χ4n) is 3.05. The van der Waals surface area contributed by atoms with Crippen molar-refractivity contribution >= 4 is 40.9 Å². The number of pyridine rings is 1. The number of halogens is 3. The number of aromatic nitrogens is 1. The number of ketones is 1. The molecular formula is C19H17Cl2FN4O2. The summed E-state index contributed by atoms with van der Waals surface area (Å²) in [6.07, 6.45) is 1.24. The van der Waals surface area contributed by atoms with Crippen LogP contribution in [-0.2, 0) is 16.8 Å². The number of nitrogens with two attached hydrogens (primary N) is 1. The third kappa shape index (κ3) is 3.86. The fraction of sp³-hybridized carbons (Fsp3) is 0.263. The number of nitrogens with zero attached hydrogens (tertiary/aromatic N) is 3. The van der Waals surface area contributed by atoms with Crippen LogP contribution in [0.2, 0.25) is 10.0 Å². The number of hydrogen-bond donors (Lipinski definition) is 1. The molecule has 9 heteroatoms. The molecule has 1 aliphatic heterocycles. The maximum atomic E-state index is 14.6. The number of guanidine groups is 1. The van der Waals surface area contributed by atoms with Crippen LogP contribution in [0.4, 0.5) is 4.39 Å². The first-order valence-electron chi connectivity index (χ1n) is 8.36. The normalized spacial score (nSPS) is 19.5. The quantitative estimate of drug-likeness (QED) is 0.764. The van der Waals surface area contributed by atoms with Gasteiger partial charge in [-0.1, -0.05) is 29.3 Å². The second kappa shape index (κ2) is 7.48. The standard InChI is InChI=1S/C19H17Cl2FN4O2/c1-19(8-16(28)26(2)18(23)25-19)12-5-10(3-4-14(12)22)6-15(27)17-13(21)7-11(20)9-24-17/h3-5,7,9H,6,8H2,1-2H3,(H2,23,25). The SMILES string of the molecule is CN1C(=O)CC(C)(c2cc(CC(=O)c3ncc(Cl)cc3Cl)ccc2F)N=C1N. The summed E-state index contributed by atoms with van der Waals surface area (Å²) < 4.78 is 14.6. The highest BCUT2D eigenvalue weighted by molar-refractivity contribution is 6.36. The average molecular weight is 423 g/mol. The summed E-state index contributed by atoms with van der Waals surface area (Å²) >= 11 is 11.8. The largest absolute Gasteiger partial charge is 0.369 e. The minimum atomic E-state index is -1.16. The van der Waals surface area contributed by atoms with Crippen LogP contribution in [0.3, 0.4) is 0 Å². The summed E-state index contributed by atoms with van der Waals surface area (Å²) in [5.41, 5.74) is 5.45. The summed E-state index contributed by atoms with van der Waals surface area (Å²) in [5, 5.41) is 0.464. The number of benzene rings is 1. The fourth-order valence-corrected chi connectivity index (χ4v) is 3.53. The summed E-state index contributed by atoms with van der Waals surface area (Å²) in [7, 11) is 1.51. The molecule has 0 fully saturated rings. The van der Waals surface area contributed by atoms with Crippen molar-refractivity contribution < 1.29 is 14.0 Å². The molecule has 2 N–H and O–H groups in total. The van der Waals surface area contributed by atoms with Gasteiger partial charge in [0.25, 0.3) is 0 Å². The average Bonchev–Trinajstić information content (AvgIpc) is 2.61. The number of carbonyl (C=O) groups excluding carboxylic acids is 2. The molecule has 3 rings (SSSR count). The topological polar surface area (TPSA) is 88.7 Å². The Balaban J connectivity index is 1.94. The van der Waals surface area contributed by atoms with E-state index in [-0.39, 0.29) is 46.8 Å². The van der Waals surface area contributed by atoms with Crippen LogP contribution in [0.25, 0.3) is 0 Å². The van der Waals surface area contributed by atoms with Gasteiger partial charge in [-0.15, -0.1) is 0 Å². The predicted molar refractivity (Wildman–Crippen MR) is 105 cm³/mol. The second-order valence-electron chi connectivity index (χ2n) is 6.77. The molecule has 0 saturated heterocycles. The summed E-state index contributed by atoms with van der Waals surface area (Å²) in [6.45, 7) is 1.63. The monoisotopic (exact) mass is 422 g/mol. The van der Waals surface area contributed by atoms with Gasteiger partial charge < -0.3 is 5.73 Å². The third-order valence-corrected chi connectivity index (χ3v) is 5.12. The van der Waals surface area contributed by atoms with E-state index in [0.29, 0.717) is 10.6 Å². The molecule has 6 nitrogen and oxygen atoms in total. The highest BCUT2D eigenvalue weighted by Crippen LogP contribution is 2.35. The predicted octanol–water partition coefficient (Wildman–Crippen LogP) is 3.34. The Hall–Kier alpha value is -2.51. The Bertz CT molecular complexity index is 1010. The second-order valence-corrected chi connectivity index (χ2v) is 7.62. The van der Waals surface area contributed by atoms with Crippen molar-refractivity contribution in [2.24, 2.45) is 10.7 Å². The Labute approximate surface area is 171 Å². The van der Waals surface area contributed by atoms with Crippen molar-refractivity contribution in [2.75, 3.05) is 7.05 Å². The van der Waals surface area contributed by atoms with Crippen molar-refractivity contribution in [2.45, 2.75) is 25.3 Å². The number of hydrogen-bond acceptors (Lipinski definition) is 5. The Morgan fingerprint density at radius 1 is 1.36 bits per heavy atom. The lowest BCUT2D eigenvalue weighted by Gasteiger charge is -2.34. The third-order valence-electron chi connectivity index (χ3n) is 4.62. The molecule has 0 bridgehead atoms. The zero-order valence-electron chi connectivity index (χ0n) is 15.2. The van der Waals surface area contributed by atoms with E-state index in [1.54, 1.807) is 6.92 Å². The summed E-state index contributed by atoms with van der Waals surface area (Å²) in [6, 6.07) is 5.69. The molecule has 1 amide bonds. The summed E-state index contributed by atoms with van der Waals surface area (Å²) in [5.74, 6) is -1.13. The van der Waals surface area contributed by atoms with Crippen molar-refractivity contribution in [3.05, 3.63) is 63.1 Å². The van der Waals surface area contributed by atoms with Gasteiger partial charge in [0.2, 0.25) is 5.91 Å². The van der Waals surface area contributed by atoms with Crippen LogP contribution >= 0.6 is 23.2 Å². The summed E-state index contributed by atoms with van der Waals surface area (Å²) in [4.78, 5) is 34.2. The molecule has 0 radical (unpaired) electrons. The van der Waals surface area contributed by atoms with Gasteiger partial charge in [-0.3, -0.25) is 14.5 Å². The van der Waals surface area contributed by atoms with Crippen molar-refractivity contribution in [3.63, 3.8) is 0 Å². The molecular weight excluding hydrogens is 406 g/mol. The Morgan fingerprint density at radius 2 is 2.07 bits per heavy atom. The van der Waals surface area contributed by atoms with Gasteiger partial charge in [-0.05, 0) is 30.7 Å². The van der Waals surface area contributed by atoms with Gasteiger partial charge in [-0.25, -0.2) is 14.4 Å². The Kier molecular flexibility index (Phi) is 5.41. The molecule has 0 spiro atoms. The molecule has 1 aromatic carbocycles. The van der Waals surface area contributed by atoms with E-state index in [1.807, 2.05) is 0 Å². The molecule has 0 saturated carbocycles. The van der Waals surface area contributed by atoms with E-state index in [2.05, 4.69) is 9.98 Å². The minimum absolute atomic E-state index is 0.0109. The van der Waals surface area contributed by atoms with Gasteiger partial charge in [0.05, 0.1) is 22.0 Å². The number of Topliss-reactive ketones (excluding diaryl/α,β-unsaturated/α-hetero) is 1. The first kappa shape index (κ1) is 20.2. The van der Waals surface area contributed by atoms with Crippen molar-refractivity contribution in [1.82, 2.24) is 9.88 Å². The molecule has 1 unspecified atom stereocenters. The van der Waals surface area contributed by atoms with Crippen LogP contribution in [0.5, 0.6) is 0 Å². The zero-order chi connectivity index (χ0) is 20.6. The lowest BCUT2D eigenvalue weighted by molar-refractivity contribution is -0.128. The van der Waals surface area contributed by atoms with Gasteiger partial charge >= 0.3 is 0 Å². The van der Waals surface area contributed by atoms with Gasteiger partial charge in [0, 0.05) is 25.2 Å². The van der Waals surface area contributed by atoms with Crippen molar-refractivity contribution in [1.29, 1.82) is 0 Å². The zero-order valence-corrected chi connectivity index (χ0v) is 16.7. The maximum Gasteiger partial charge on any atom is 0.231 e. The molecule has 2 heterocycles. The number of carbonyl (C=O) groups is 2. The maximum absolute atomic E-state index is 14.6. The lowest BCUT2D eigenvalue weighted by Crippen LogP contribution is -2.47. The van der Waals surface area contributed by atoms with Crippen LogP contribution in [-0.4, -0.2) is 34.6 Å². The van der Waals surface area contributed by atoms with Crippen LogP contribution in [0, 0.1) is 5.82 Å². The van der Waals surface area contributed by atoms with E-state index < -0.39 is 11.4 Å². The molecule has 28 heavy (non-hydrogen) atoms. The molecule has 2 aromatic rings. The van der Waals surface area contributed by atoms with Crippen molar-refractivity contribution in [3.8, 4) is 0 Å². The van der Waals surface area contributed by atoms with Crippen LogP contribution in [0.1, 0.15) is 35.0 Å². The van der Waals surface area contributed by atoms with Crippen LogP contribution in [0.15, 0.2) is 35.5 Å². The first-order valence-corrected chi connectivity index (χ1v) is 9.11. The molecule has 0 aliphatic carbocycles. The molecule has 1 atom stereocenters. The van der Waals surface area contributed by atoms with E-state index in [1.165, 1.54) is 42.4 Å². The van der Waals surface area contributed by atoms with Crippen LogP contribution < -0.4 is 5.73 Å². The van der Waals surface area contributed by atoms with E-state index in [0.717, 1.165) is 0 Å². The molecule has 1 aliphatic rings.